The van der Waals surface area contributed by atoms with E-state index in [2.05, 4.69) is 22.5 Å². The molecule has 2 N–H and O–H groups in total. The molecule has 18 heavy (non-hydrogen) atoms. The summed E-state index contributed by atoms with van der Waals surface area (Å²) in [5.74, 6) is 1.63. The van der Waals surface area contributed by atoms with Crippen molar-refractivity contribution in [3.05, 3.63) is 0 Å². The zero-order valence-corrected chi connectivity index (χ0v) is 14.2. The normalized spacial score (nSPS) is 18.3. The molecular weight excluding hydrogens is 341 g/mol. The molecule has 1 fully saturated rings. The predicted octanol–water partition coefficient (Wildman–Crippen LogP) is 2.38. The van der Waals surface area contributed by atoms with Crippen molar-refractivity contribution >= 4 is 29.9 Å². The maximum atomic E-state index is 5.87. The second-order valence-corrected chi connectivity index (χ2v) is 4.58. The highest BCUT2D eigenvalue weighted by atomic mass is 127. The summed E-state index contributed by atoms with van der Waals surface area (Å²) >= 11 is 0. The number of rotatable bonds is 6. The van der Waals surface area contributed by atoms with Crippen molar-refractivity contribution in [2.24, 2.45) is 10.9 Å². The second kappa shape index (κ2) is 10.8. The summed E-state index contributed by atoms with van der Waals surface area (Å²) in [6.07, 6.45) is 6.92. The average Bonchev–Trinajstić information content (AvgIpc) is 2.87. The maximum Gasteiger partial charge on any atom is 0.190 e. The Morgan fingerprint density at radius 1 is 1.39 bits per heavy atom. The van der Waals surface area contributed by atoms with Crippen LogP contribution in [0.2, 0.25) is 0 Å². The fraction of sp³-hybridized carbons (Fsp3) is 0.923. The first-order valence-electron chi connectivity index (χ1n) is 6.81. The van der Waals surface area contributed by atoms with Gasteiger partial charge in [0.15, 0.2) is 5.96 Å². The van der Waals surface area contributed by atoms with E-state index in [0.29, 0.717) is 6.10 Å². The monoisotopic (exact) mass is 369 g/mol. The minimum atomic E-state index is 0. The van der Waals surface area contributed by atoms with Crippen LogP contribution in [0.1, 0.15) is 39.0 Å². The van der Waals surface area contributed by atoms with Gasteiger partial charge in [-0.3, -0.25) is 4.99 Å². The molecule has 108 valence electrons. The Hall–Kier alpha value is -0.0400. The summed E-state index contributed by atoms with van der Waals surface area (Å²) < 4.78 is 5.87. The smallest absolute Gasteiger partial charge is 0.190 e. The van der Waals surface area contributed by atoms with E-state index in [1.54, 1.807) is 7.05 Å². The largest absolute Gasteiger partial charge is 0.378 e. The number of nitrogens with zero attached hydrogens (tertiary/aromatic N) is 1. The zero-order chi connectivity index (χ0) is 12.5. The molecule has 1 aliphatic carbocycles. The van der Waals surface area contributed by atoms with Crippen molar-refractivity contribution in [1.82, 2.24) is 10.6 Å². The molecule has 1 saturated carbocycles. The molecular formula is C13H28IN3O. The van der Waals surface area contributed by atoms with Crippen LogP contribution in [-0.2, 0) is 4.74 Å². The van der Waals surface area contributed by atoms with Gasteiger partial charge in [-0.05, 0) is 32.1 Å². The van der Waals surface area contributed by atoms with Gasteiger partial charge in [-0.25, -0.2) is 0 Å². The van der Waals surface area contributed by atoms with Gasteiger partial charge >= 0.3 is 0 Å². The summed E-state index contributed by atoms with van der Waals surface area (Å²) in [5.41, 5.74) is 0. The van der Waals surface area contributed by atoms with Gasteiger partial charge in [0.1, 0.15) is 0 Å². The molecule has 1 atom stereocenters. The standard InChI is InChI=1S/C13H27N3O.HI/c1-4-17-12(11-7-5-6-8-11)9-10-16-13(14-2)15-3;/h11-12H,4-10H2,1-3H3,(H2,14,15,16);1H. The molecule has 0 spiro atoms. The Morgan fingerprint density at radius 3 is 2.56 bits per heavy atom. The Labute approximate surface area is 128 Å². The van der Waals surface area contributed by atoms with Crippen molar-refractivity contribution in [2.45, 2.75) is 45.1 Å². The molecule has 0 aromatic heterocycles. The summed E-state index contributed by atoms with van der Waals surface area (Å²) in [6.45, 7) is 3.83. The molecule has 5 heteroatoms. The van der Waals surface area contributed by atoms with E-state index >= 15 is 0 Å². The molecule has 1 aliphatic rings. The van der Waals surface area contributed by atoms with Crippen molar-refractivity contribution in [3.63, 3.8) is 0 Å². The molecule has 0 heterocycles. The lowest BCUT2D eigenvalue weighted by Gasteiger charge is -2.23. The fourth-order valence-electron chi connectivity index (χ4n) is 2.61. The predicted molar refractivity (Wildman–Crippen MR) is 87.8 cm³/mol. The van der Waals surface area contributed by atoms with Gasteiger partial charge in [-0.2, -0.15) is 0 Å². The number of guanidine groups is 1. The van der Waals surface area contributed by atoms with Gasteiger partial charge in [-0.1, -0.05) is 12.8 Å². The SMILES string of the molecule is CCOC(CCNC(=NC)NC)C1CCCC1.I. The molecule has 1 unspecified atom stereocenters. The highest BCUT2D eigenvalue weighted by Gasteiger charge is 2.24. The summed E-state index contributed by atoms with van der Waals surface area (Å²) in [7, 11) is 3.67. The molecule has 1 rings (SSSR count). The van der Waals surface area contributed by atoms with Crippen molar-refractivity contribution in [2.75, 3.05) is 27.2 Å². The van der Waals surface area contributed by atoms with Crippen molar-refractivity contribution in [1.29, 1.82) is 0 Å². The number of nitrogens with one attached hydrogen (secondary N) is 2. The number of hydrogen-bond donors (Lipinski definition) is 2. The highest BCUT2D eigenvalue weighted by Crippen LogP contribution is 2.30. The van der Waals surface area contributed by atoms with Crippen molar-refractivity contribution in [3.8, 4) is 0 Å². The van der Waals surface area contributed by atoms with Gasteiger partial charge in [-0.15, -0.1) is 24.0 Å². The first-order chi connectivity index (χ1) is 8.31. The Morgan fingerprint density at radius 2 is 2.06 bits per heavy atom. The first-order valence-corrected chi connectivity index (χ1v) is 6.81. The van der Waals surface area contributed by atoms with E-state index < -0.39 is 0 Å². The first kappa shape index (κ1) is 18.0. The Bertz CT molecular complexity index is 230. The molecule has 0 aromatic carbocycles. The average molecular weight is 369 g/mol. The molecule has 4 nitrogen and oxygen atoms in total. The van der Waals surface area contributed by atoms with Crippen LogP contribution < -0.4 is 10.6 Å². The van der Waals surface area contributed by atoms with Gasteiger partial charge < -0.3 is 15.4 Å². The van der Waals surface area contributed by atoms with Crippen LogP contribution in [0, 0.1) is 5.92 Å². The number of hydrogen-bond acceptors (Lipinski definition) is 2. The van der Waals surface area contributed by atoms with Crippen LogP contribution in [0.15, 0.2) is 4.99 Å². The van der Waals surface area contributed by atoms with Crippen LogP contribution >= 0.6 is 24.0 Å². The van der Waals surface area contributed by atoms with Crippen LogP contribution in [0.4, 0.5) is 0 Å². The fourth-order valence-corrected chi connectivity index (χ4v) is 2.61. The molecule has 0 aromatic rings. The molecule has 0 amide bonds. The third-order valence-electron chi connectivity index (χ3n) is 3.49. The number of aliphatic imine (C=N–C) groups is 1. The molecule has 0 radical (unpaired) electrons. The van der Waals surface area contributed by atoms with Crippen molar-refractivity contribution < 1.29 is 4.74 Å². The number of ether oxygens (including phenoxy) is 1. The maximum absolute atomic E-state index is 5.87. The lowest BCUT2D eigenvalue weighted by molar-refractivity contribution is 0.0169. The van der Waals surface area contributed by atoms with Crippen LogP contribution in [0.3, 0.4) is 0 Å². The van der Waals surface area contributed by atoms with E-state index in [-0.39, 0.29) is 24.0 Å². The lowest BCUT2D eigenvalue weighted by atomic mass is 9.98. The van der Waals surface area contributed by atoms with E-state index in [1.807, 2.05) is 7.05 Å². The third-order valence-corrected chi connectivity index (χ3v) is 3.49. The lowest BCUT2D eigenvalue weighted by Crippen LogP contribution is -2.37. The van der Waals surface area contributed by atoms with Crippen LogP contribution in [-0.4, -0.2) is 39.3 Å². The van der Waals surface area contributed by atoms with Gasteiger partial charge in [0.2, 0.25) is 0 Å². The summed E-state index contributed by atoms with van der Waals surface area (Å²) in [6, 6.07) is 0. The van der Waals surface area contributed by atoms with E-state index in [4.69, 9.17) is 4.74 Å². The quantitative estimate of drug-likeness (QED) is 0.429. The van der Waals surface area contributed by atoms with E-state index in [1.165, 1.54) is 25.7 Å². The van der Waals surface area contributed by atoms with Crippen LogP contribution in [0.25, 0.3) is 0 Å². The highest BCUT2D eigenvalue weighted by molar-refractivity contribution is 14.0. The number of halogens is 1. The minimum Gasteiger partial charge on any atom is -0.378 e. The van der Waals surface area contributed by atoms with E-state index in [0.717, 1.165) is 31.4 Å². The minimum absolute atomic E-state index is 0. The molecule has 0 bridgehead atoms. The summed E-state index contributed by atoms with van der Waals surface area (Å²) in [5, 5.41) is 6.32. The van der Waals surface area contributed by atoms with Crippen LogP contribution in [0.5, 0.6) is 0 Å². The topological polar surface area (TPSA) is 45.6 Å². The molecule has 0 saturated heterocycles. The van der Waals surface area contributed by atoms with Gasteiger partial charge in [0.25, 0.3) is 0 Å². The Kier molecular flexibility index (Phi) is 10.8. The molecule has 0 aliphatic heterocycles. The van der Waals surface area contributed by atoms with Gasteiger partial charge in [0, 0.05) is 27.2 Å². The Balaban J connectivity index is 0.00000289. The zero-order valence-electron chi connectivity index (χ0n) is 11.9. The second-order valence-electron chi connectivity index (χ2n) is 4.58. The van der Waals surface area contributed by atoms with E-state index in [9.17, 15) is 0 Å². The summed E-state index contributed by atoms with van der Waals surface area (Å²) in [4.78, 5) is 4.10. The third kappa shape index (κ3) is 6.22. The van der Waals surface area contributed by atoms with Gasteiger partial charge in [0.05, 0.1) is 6.10 Å².